The lowest BCUT2D eigenvalue weighted by Crippen LogP contribution is -2.25. The summed E-state index contributed by atoms with van der Waals surface area (Å²) in [6.07, 6.45) is 50.5. The van der Waals surface area contributed by atoms with Gasteiger partial charge in [0.15, 0.2) is 0 Å². The van der Waals surface area contributed by atoms with Gasteiger partial charge in [0.2, 0.25) is 0 Å². The molecule has 9 rings (SSSR count). The number of hydrogen-bond acceptors (Lipinski definition) is 4. The minimum absolute atomic E-state index is 0.731. The molecule has 4 aromatic rings. The third kappa shape index (κ3) is 23.1. The predicted octanol–water partition coefficient (Wildman–Crippen LogP) is 23.5. The largest absolute Gasteiger partial charge is 0.192 e. The molecular formula is C78H110N4. The number of unbranched alkanes of at least 4 members (excludes halogenated alkanes) is 8. The molecule has 0 aliphatic heterocycles. The van der Waals surface area contributed by atoms with E-state index in [0.717, 1.165) is 81.4 Å². The summed E-state index contributed by atoms with van der Waals surface area (Å²) in [6, 6.07) is 41.8. The van der Waals surface area contributed by atoms with Gasteiger partial charge in [-0.3, -0.25) is 0 Å². The highest BCUT2D eigenvalue weighted by Gasteiger charge is 2.31. The molecule has 0 aromatic heterocycles. The quantitative estimate of drug-likeness (QED) is 0.0777. The summed E-state index contributed by atoms with van der Waals surface area (Å²) in [5.41, 5.74) is 8.87. The first-order valence-corrected chi connectivity index (χ1v) is 34.3. The fourth-order valence-electron chi connectivity index (χ4n) is 15.4. The Balaban J connectivity index is 0.000000178. The minimum atomic E-state index is 0.731. The van der Waals surface area contributed by atoms with Crippen LogP contribution in [0.1, 0.15) is 327 Å². The van der Waals surface area contributed by atoms with Gasteiger partial charge in [0.1, 0.15) is 0 Å². The number of nitrogens with zero attached hydrogens (tertiary/aromatic N) is 4. The van der Waals surface area contributed by atoms with Crippen LogP contribution >= 0.6 is 0 Å². The van der Waals surface area contributed by atoms with E-state index in [-0.39, 0.29) is 0 Å². The van der Waals surface area contributed by atoms with Crippen LogP contribution in [0.2, 0.25) is 0 Å². The zero-order valence-corrected chi connectivity index (χ0v) is 52.3. The maximum absolute atomic E-state index is 8.95. The summed E-state index contributed by atoms with van der Waals surface area (Å²) in [5, 5.41) is 35.4. The van der Waals surface area contributed by atoms with Crippen LogP contribution in [-0.4, -0.2) is 0 Å². The van der Waals surface area contributed by atoms with Gasteiger partial charge in [-0.05, 0) is 246 Å². The molecule has 0 atom stereocenters. The van der Waals surface area contributed by atoms with Crippen molar-refractivity contribution in [2.45, 2.75) is 283 Å². The number of nitriles is 4. The first kappa shape index (κ1) is 66.0. The highest BCUT2D eigenvalue weighted by molar-refractivity contribution is 5.36. The Kier molecular flexibility index (Phi) is 31.1. The molecule has 0 unspecified atom stereocenters. The van der Waals surface area contributed by atoms with Crippen molar-refractivity contribution in [2.24, 2.45) is 35.5 Å². The first-order valence-electron chi connectivity index (χ1n) is 34.3. The van der Waals surface area contributed by atoms with Crippen molar-refractivity contribution in [3.8, 4) is 24.3 Å². The Labute approximate surface area is 502 Å². The molecule has 5 fully saturated rings. The monoisotopic (exact) mass is 1100 g/mol. The number of hydrogen-bond donors (Lipinski definition) is 0. The Morgan fingerprint density at radius 1 is 0.256 bits per heavy atom. The Morgan fingerprint density at radius 3 is 0.744 bits per heavy atom. The Morgan fingerprint density at radius 2 is 0.476 bits per heavy atom. The fraction of sp³-hybridized carbons (Fsp3) is 0.641. The van der Waals surface area contributed by atoms with Crippen LogP contribution in [0.15, 0.2) is 97.1 Å². The molecule has 0 heterocycles. The Bertz CT molecular complexity index is 2460. The molecule has 442 valence electrons. The summed E-state index contributed by atoms with van der Waals surface area (Å²) in [7, 11) is 0. The van der Waals surface area contributed by atoms with E-state index in [0.29, 0.717) is 0 Å². The summed E-state index contributed by atoms with van der Waals surface area (Å²) in [5.74, 6) is 8.89. The molecule has 5 saturated carbocycles. The highest BCUT2D eigenvalue weighted by atomic mass is 14.4. The summed E-state index contributed by atoms with van der Waals surface area (Å²) in [6.45, 7) is 9.16. The first-order chi connectivity index (χ1) is 40.3. The molecule has 0 spiro atoms. The number of rotatable bonds is 21. The zero-order chi connectivity index (χ0) is 58.0. The van der Waals surface area contributed by atoms with E-state index in [2.05, 4.69) is 101 Å². The van der Waals surface area contributed by atoms with Gasteiger partial charge in [0, 0.05) is 0 Å². The van der Waals surface area contributed by atoms with E-state index >= 15 is 0 Å². The van der Waals surface area contributed by atoms with Gasteiger partial charge in [-0.2, -0.15) is 21.0 Å². The van der Waals surface area contributed by atoms with Crippen molar-refractivity contribution in [3.05, 3.63) is 142 Å². The molecular weight excluding hydrogens is 993 g/mol. The van der Waals surface area contributed by atoms with Crippen molar-refractivity contribution in [2.75, 3.05) is 0 Å². The van der Waals surface area contributed by atoms with Gasteiger partial charge in [0.25, 0.3) is 0 Å². The molecule has 4 nitrogen and oxygen atoms in total. The smallest absolute Gasteiger partial charge is 0.0991 e. The minimum Gasteiger partial charge on any atom is -0.192 e. The molecule has 0 N–H and O–H groups in total. The van der Waals surface area contributed by atoms with Crippen molar-refractivity contribution in [1.82, 2.24) is 0 Å². The van der Waals surface area contributed by atoms with Gasteiger partial charge in [-0.15, -0.1) is 0 Å². The molecule has 0 radical (unpaired) electrons. The lowest BCUT2D eigenvalue weighted by molar-refractivity contribution is 0.155. The second kappa shape index (κ2) is 38.6. The molecule has 0 bridgehead atoms. The van der Waals surface area contributed by atoms with Crippen molar-refractivity contribution in [3.63, 3.8) is 0 Å². The molecule has 5 aliphatic rings. The Hall–Kier alpha value is -5.16. The standard InChI is InChI=1S/C24H35N.C20H29N.C18H25N.C16H21N/c1-2-3-4-5-19-6-10-21(11-7-19)23-14-16-24(17-15-23)22-12-8-20(18-25)9-13-22;1-2-3-4-5-6-7-17-8-12-19(13-9-17)20-14-10-18(16-21)11-15-20;1-2-3-4-5-15-6-10-17(11-7-15)18-12-8-16(14-19)9-13-18;1-2-3-13-4-8-15(9-5-13)16-10-6-14(12-17)7-11-16/h8-9,12-13,19,21,23-24H,2-7,10-11,14-17H2,1H3;10-11,14-15,17,19H,2-9,12-13H2,1H3;8-9,12-13,15,17H,2-7,10-11H2,1H3;6-7,10-11,13,15H,2-5,8-9H2,1H3. The SMILES string of the molecule is CCCC1CCC(c2ccc(C#N)cc2)CC1.CCCCCC1CCC(C2CCC(c3ccc(C#N)cc3)CC2)CC1.CCCCCC1CCC(c2ccc(C#N)cc2)CC1.CCCCCCCC1CCC(c2ccc(C#N)cc2)CC1. The van der Waals surface area contributed by atoms with E-state index in [1.54, 1.807) is 0 Å². The van der Waals surface area contributed by atoms with E-state index in [1.807, 2.05) is 48.5 Å². The lowest BCUT2D eigenvalue weighted by Gasteiger charge is -2.38. The average Bonchev–Trinajstić information content (AvgIpc) is 3.58. The van der Waals surface area contributed by atoms with E-state index < -0.39 is 0 Å². The summed E-state index contributed by atoms with van der Waals surface area (Å²) >= 11 is 0. The highest BCUT2D eigenvalue weighted by Crippen LogP contribution is 2.45. The van der Waals surface area contributed by atoms with Crippen LogP contribution < -0.4 is 0 Å². The predicted molar refractivity (Wildman–Crippen MR) is 345 cm³/mol. The maximum Gasteiger partial charge on any atom is 0.0991 e. The topological polar surface area (TPSA) is 95.2 Å². The summed E-state index contributed by atoms with van der Waals surface area (Å²) in [4.78, 5) is 0. The molecule has 82 heavy (non-hydrogen) atoms. The third-order valence-corrected chi connectivity index (χ3v) is 20.8. The second-order valence-electron chi connectivity index (χ2n) is 26.5. The molecule has 4 heteroatoms. The van der Waals surface area contributed by atoms with E-state index in [1.165, 1.54) is 253 Å². The van der Waals surface area contributed by atoms with Gasteiger partial charge < -0.3 is 0 Å². The van der Waals surface area contributed by atoms with E-state index in [4.69, 9.17) is 21.0 Å². The zero-order valence-electron chi connectivity index (χ0n) is 52.3. The molecule has 0 saturated heterocycles. The fourth-order valence-corrected chi connectivity index (χ4v) is 15.4. The van der Waals surface area contributed by atoms with E-state index in [9.17, 15) is 0 Å². The molecule has 0 amide bonds. The molecule has 4 aromatic carbocycles. The second-order valence-corrected chi connectivity index (χ2v) is 26.5. The van der Waals surface area contributed by atoms with Crippen LogP contribution in [0.3, 0.4) is 0 Å². The van der Waals surface area contributed by atoms with Gasteiger partial charge in [-0.25, -0.2) is 0 Å². The van der Waals surface area contributed by atoms with Gasteiger partial charge in [0.05, 0.1) is 46.5 Å². The summed E-state index contributed by atoms with van der Waals surface area (Å²) < 4.78 is 0. The lowest BCUT2D eigenvalue weighted by atomic mass is 9.68. The van der Waals surface area contributed by atoms with Crippen molar-refractivity contribution < 1.29 is 0 Å². The number of benzene rings is 4. The normalized spacial score (nSPS) is 25.1. The maximum atomic E-state index is 8.95. The van der Waals surface area contributed by atoms with Gasteiger partial charge >= 0.3 is 0 Å². The van der Waals surface area contributed by atoms with Crippen LogP contribution in [0.4, 0.5) is 0 Å². The van der Waals surface area contributed by atoms with Crippen LogP contribution in [-0.2, 0) is 0 Å². The van der Waals surface area contributed by atoms with Crippen molar-refractivity contribution >= 4 is 0 Å². The third-order valence-electron chi connectivity index (χ3n) is 20.8. The van der Waals surface area contributed by atoms with Gasteiger partial charge in [-0.1, -0.05) is 192 Å². The van der Waals surface area contributed by atoms with Crippen molar-refractivity contribution in [1.29, 1.82) is 21.0 Å². The molecule has 5 aliphatic carbocycles. The average molecular weight is 1100 g/mol. The van der Waals surface area contributed by atoms with Crippen LogP contribution in [0, 0.1) is 80.8 Å². The van der Waals surface area contributed by atoms with Crippen LogP contribution in [0.25, 0.3) is 0 Å². The van der Waals surface area contributed by atoms with Crippen LogP contribution in [0.5, 0.6) is 0 Å².